The molecule has 1 aliphatic heterocycles. The van der Waals surface area contributed by atoms with Gasteiger partial charge in [-0.1, -0.05) is 6.92 Å². The summed E-state index contributed by atoms with van der Waals surface area (Å²) in [5.41, 5.74) is 5.16. The molecule has 3 N–H and O–H groups in total. The number of hydrogen-bond donors (Lipinski definition) is 3. The minimum absolute atomic E-state index is 0.117. The maximum absolute atomic E-state index is 10.9. The van der Waals surface area contributed by atoms with E-state index in [-0.39, 0.29) is 25.2 Å². The lowest BCUT2D eigenvalue weighted by molar-refractivity contribution is -0.149. The van der Waals surface area contributed by atoms with Gasteiger partial charge in [-0.05, 0) is 20.3 Å². The summed E-state index contributed by atoms with van der Waals surface area (Å²) in [6.07, 6.45) is -0.0105. The molecule has 1 amide bonds. The summed E-state index contributed by atoms with van der Waals surface area (Å²) in [6, 6.07) is 0. The van der Waals surface area contributed by atoms with Crippen LogP contribution in [0.25, 0.3) is 0 Å². The molecule has 0 aromatic rings. The Morgan fingerprint density at radius 3 is 2.47 bits per heavy atom. The first-order valence-corrected chi connectivity index (χ1v) is 6.07. The van der Waals surface area contributed by atoms with Crippen LogP contribution in [-0.2, 0) is 14.3 Å². The third-order valence-electron chi connectivity index (χ3n) is 2.66. The van der Waals surface area contributed by atoms with Gasteiger partial charge < -0.3 is 20.3 Å². The minimum atomic E-state index is -0.714. The predicted octanol–water partition coefficient (Wildman–Crippen LogP) is 0.453. The van der Waals surface area contributed by atoms with Crippen molar-refractivity contribution in [3.63, 3.8) is 0 Å². The number of rotatable bonds is 5. The van der Waals surface area contributed by atoms with Gasteiger partial charge in [-0.25, -0.2) is 0 Å². The van der Waals surface area contributed by atoms with Gasteiger partial charge in [0.25, 0.3) is 0 Å². The summed E-state index contributed by atoms with van der Waals surface area (Å²) in [5, 5.41) is 9.23. The van der Waals surface area contributed by atoms with E-state index < -0.39 is 16.4 Å². The number of ether oxygens (including phenoxy) is 2. The highest BCUT2D eigenvalue weighted by Crippen LogP contribution is 2.35. The molecule has 0 aromatic carbocycles. The molecule has 100 valence electrons. The lowest BCUT2D eigenvalue weighted by Gasteiger charge is -2.27. The van der Waals surface area contributed by atoms with E-state index in [4.69, 9.17) is 15.2 Å². The van der Waals surface area contributed by atoms with Crippen molar-refractivity contribution in [1.82, 2.24) is 0 Å². The van der Waals surface area contributed by atoms with E-state index in [1.807, 2.05) is 6.92 Å². The highest BCUT2D eigenvalue weighted by atomic mass is 32.1. The third-order valence-corrected chi connectivity index (χ3v) is 3.00. The lowest BCUT2D eigenvalue weighted by Crippen LogP contribution is -2.35. The van der Waals surface area contributed by atoms with Gasteiger partial charge >= 0.3 is 0 Å². The molecule has 0 aliphatic carbocycles. The van der Waals surface area contributed by atoms with Crippen LogP contribution in [0.5, 0.6) is 0 Å². The highest BCUT2D eigenvalue weighted by Gasteiger charge is 2.43. The molecular weight excluding hydrogens is 242 g/mol. The van der Waals surface area contributed by atoms with Crippen LogP contribution in [0.1, 0.15) is 33.6 Å². The van der Waals surface area contributed by atoms with Gasteiger partial charge in [-0.3, -0.25) is 4.79 Å². The topological polar surface area (TPSA) is 81.8 Å². The molecule has 1 fully saturated rings. The van der Waals surface area contributed by atoms with Crippen LogP contribution in [0.15, 0.2) is 0 Å². The fourth-order valence-electron chi connectivity index (χ4n) is 2.12. The number of primary amides is 1. The molecule has 1 unspecified atom stereocenters. The van der Waals surface area contributed by atoms with E-state index in [0.717, 1.165) is 0 Å². The Balaban J connectivity index is 2.64. The minimum Gasteiger partial charge on any atom is -0.394 e. The molecule has 1 aliphatic rings. The molecule has 0 bridgehead atoms. The average Bonchev–Trinajstić information content (AvgIpc) is 2.36. The number of aliphatic hydroxyl groups excluding tert-OH is 1. The number of carbonyl (C=O) groups excluding carboxylic acids is 1. The van der Waals surface area contributed by atoms with E-state index >= 15 is 0 Å². The summed E-state index contributed by atoms with van der Waals surface area (Å²) >= 11 is 4.42. The molecule has 0 saturated carbocycles. The molecule has 3 atom stereocenters. The van der Waals surface area contributed by atoms with E-state index in [1.54, 1.807) is 13.8 Å². The zero-order chi connectivity index (χ0) is 13.3. The fraction of sp³-hybridized carbons (Fsp3) is 0.909. The van der Waals surface area contributed by atoms with E-state index in [2.05, 4.69) is 12.6 Å². The first-order chi connectivity index (χ1) is 7.65. The molecule has 17 heavy (non-hydrogen) atoms. The van der Waals surface area contributed by atoms with Crippen molar-refractivity contribution in [2.45, 2.75) is 56.4 Å². The standard InChI is InChI=1S/C11H21NO4S/c1-10(2)15-7(8(6-13)16-10)4-11(3,17)5-9(12)14/h7-8,13,17H,4-6H2,1-3H3,(H2,12,14)/t7-,8-,11?/m1/s1. The highest BCUT2D eigenvalue weighted by molar-refractivity contribution is 7.81. The summed E-state index contributed by atoms with van der Waals surface area (Å²) < 4.78 is 10.7. The number of aliphatic hydroxyl groups is 1. The summed E-state index contributed by atoms with van der Waals surface area (Å²) in [5.74, 6) is -1.12. The van der Waals surface area contributed by atoms with Gasteiger partial charge in [-0.2, -0.15) is 12.6 Å². The SMILES string of the molecule is CC(S)(CC(N)=O)C[C@H]1OC(C)(C)O[C@@H]1CO. The van der Waals surface area contributed by atoms with Crippen molar-refractivity contribution < 1.29 is 19.4 Å². The van der Waals surface area contributed by atoms with Crippen LogP contribution in [0.4, 0.5) is 0 Å². The number of hydrogen-bond acceptors (Lipinski definition) is 5. The monoisotopic (exact) mass is 263 g/mol. The maximum Gasteiger partial charge on any atom is 0.218 e. The first kappa shape index (κ1) is 14.8. The van der Waals surface area contributed by atoms with Crippen molar-refractivity contribution in [3.8, 4) is 0 Å². The fourth-order valence-corrected chi connectivity index (χ4v) is 2.45. The maximum atomic E-state index is 10.9. The molecule has 5 nitrogen and oxygen atoms in total. The van der Waals surface area contributed by atoms with Gasteiger partial charge in [0, 0.05) is 11.2 Å². The molecular formula is C11H21NO4S. The molecule has 1 saturated heterocycles. The predicted molar refractivity (Wildman–Crippen MR) is 66.7 cm³/mol. The number of carbonyl (C=O) groups is 1. The van der Waals surface area contributed by atoms with E-state index in [0.29, 0.717) is 6.42 Å². The number of nitrogens with two attached hydrogens (primary N) is 1. The Bertz CT molecular complexity index is 293. The lowest BCUT2D eigenvalue weighted by atomic mass is 9.96. The van der Waals surface area contributed by atoms with E-state index in [9.17, 15) is 9.90 Å². The quantitative estimate of drug-likeness (QED) is 0.629. The molecule has 0 radical (unpaired) electrons. The van der Waals surface area contributed by atoms with Crippen molar-refractivity contribution in [2.24, 2.45) is 5.73 Å². The average molecular weight is 263 g/mol. The second kappa shape index (κ2) is 5.14. The summed E-state index contributed by atoms with van der Waals surface area (Å²) in [6.45, 7) is 5.29. The molecule has 0 spiro atoms. The van der Waals surface area contributed by atoms with Gasteiger partial charge in [0.1, 0.15) is 6.10 Å². The van der Waals surface area contributed by atoms with Crippen molar-refractivity contribution in [2.75, 3.05) is 6.61 Å². The van der Waals surface area contributed by atoms with Crippen molar-refractivity contribution in [1.29, 1.82) is 0 Å². The second-order valence-corrected chi connectivity index (χ2v) is 6.32. The van der Waals surface area contributed by atoms with Crippen molar-refractivity contribution in [3.05, 3.63) is 0 Å². The third kappa shape index (κ3) is 4.46. The van der Waals surface area contributed by atoms with E-state index in [1.165, 1.54) is 0 Å². The smallest absolute Gasteiger partial charge is 0.218 e. The molecule has 0 aromatic heterocycles. The number of amides is 1. The molecule has 1 rings (SSSR count). The van der Waals surface area contributed by atoms with Crippen LogP contribution < -0.4 is 5.73 Å². The van der Waals surface area contributed by atoms with Gasteiger partial charge in [0.05, 0.1) is 12.7 Å². The van der Waals surface area contributed by atoms with Crippen LogP contribution in [0, 0.1) is 0 Å². The van der Waals surface area contributed by atoms with Crippen LogP contribution in [-0.4, -0.2) is 40.4 Å². The Morgan fingerprint density at radius 2 is 2.00 bits per heavy atom. The Labute approximate surface area is 107 Å². The normalized spacial score (nSPS) is 31.1. The Hall–Kier alpha value is -0.300. The van der Waals surface area contributed by atoms with Crippen LogP contribution in [0.2, 0.25) is 0 Å². The van der Waals surface area contributed by atoms with Crippen LogP contribution in [0.3, 0.4) is 0 Å². The largest absolute Gasteiger partial charge is 0.394 e. The van der Waals surface area contributed by atoms with Crippen molar-refractivity contribution >= 4 is 18.5 Å². The molecule has 6 heteroatoms. The van der Waals surface area contributed by atoms with Gasteiger partial charge in [0.2, 0.25) is 5.91 Å². The number of thiol groups is 1. The molecule has 1 heterocycles. The van der Waals surface area contributed by atoms with Gasteiger partial charge in [-0.15, -0.1) is 0 Å². The van der Waals surface area contributed by atoms with Gasteiger partial charge in [0.15, 0.2) is 5.79 Å². The second-order valence-electron chi connectivity index (χ2n) is 5.24. The summed E-state index contributed by atoms with van der Waals surface area (Å²) in [4.78, 5) is 10.9. The zero-order valence-electron chi connectivity index (χ0n) is 10.5. The first-order valence-electron chi connectivity index (χ1n) is 5.62. The summed E-state index contributed by atoms with van der Waals surface area (Å²) in [7, 11) is 0. The Kier molecular flexibility index (Phi) is 4.46. The zero-order valence-corrected chi connectivity index (χ0v) is 11.4. The Morgan fingerprint density at radius 1 is 1.47 bits per heavy atom. The van der Waals surface area contributed by atoms with Crippen LogP contribution >= 0.6 is 12.6 Å².